The Morgan fingerprint density at radius 3 is 2.38 bits per heavy atom. The number of carbonyl (C=O) groups is 1. The van der Waals surface area contributed by atoms with Crippen LogP contribution < -0.4 is 0 Å². The monoisotopic (exact) mass is 135 g/mol. The second-order valence-electron chi connectivity index (χ2n) is 1.78. The molecule has 0 heterocycles. The molecule has 0 radical (unpaired) electrons. The smallest absolute Gasteiger partial charge is 0.131 e. The lowest BCUT2D eigenvalue weighted by molar-refractivity contribution is -0.117. The highest BCUT2D eigenvalue weighted by atomic mass is 35.5. The van der Waals surface area contributed by atoms with Gasteiger partial charge in [-0.3, -0.25) is 4.79 Å². The minimum Gasteiger partial charge on any atom is -0.300 e. The molecule has 0 aliphatic heterocycles. The molecule has 0 fully saturated rings. The van der Waals surface area contributed by atoms with E-state index >= 15 is 0 Å². The predicted molar refractivity (Wildman–Crippen MR) is 33.8 cm³/mol. The predicted octanol–water partition coefficient (Wildman–Crippen LogP) is 1.05. The molecule has 0 aromatic rings. The molecule has 0 unspecified atom stereocenters. The third kappa shape index (κ3) is 5.92. The van der Waals surface area contributed by atoms with Crippen molar-refractivity contribution in [2.75, 3.05) is 13.6 Å². The van der Waals surface area contributed by atoms with Gasteiger partial charge in [-0.1, -0.05) is 0 Å². The summed E-state index contributed by atoms with van der Waals surface area (Å²) in [5, 5.41) is 0. The SMILES string of the molecule is CC(=O)CCN(C)Cl. The minimum absolute atomic E-state index is 0.178. The maximum atomic E-state index is 10.3. The van der Waals surface area contributed by atoms with Crippen LogP contribution in [0.25, 0.3) is 0 Å². The largest absolute Gasteiger partial charge is 0.300 e. The molecule has 0 amide bonds. The van der Waals surface area contributed by atoms with Crippen LogP contribution in [0.3, 0.4) is 0 Å². The molecular weight excluding hydrogens is 126 g/mol. The first-order chi connectivity index (χ1) is 3.63. The van der Waals surface area contributed by atoms with Gasteiger partial charge in [-0.2, -0.15) is 0 Å². The van der Waals surface area contributed by atoms with Gasteiger partial charge in [-0.15, -0.1) is 0 Å². The molecule has 8 heavy (non-hydrogen) atoms. The lowest BCUT2D eigenvalue weighted by Gasteiger charge is -2.01. The van der Waals surface area contributed by atoms with Crippen molar-refractivity contribution >= 4 is 17.6 Å². The fourth-order valence-corrected chi connectivity index (χ4v) is 0.396. The molecule has 0 atom stereocenters. The van der Waals surface area contributed by atoms with Crippen LogP contribution in [0.15, 0.2) is 0 Å². The summed E-state index contributed by atoms with van der Waals surface area (Å²) in [6.07, 6.45) is 0.542. The lowest BCUT2D eigenvalue weighted by atomic mass is 10.3. The fourth-order valence-electron chi connectivity index (χ4n) is 0.312. The molecule has 0 aromatic heterocycles. The van der Waals surface area contributed by atoms with E-state index in [1.54, 1.807) is 14.0 Å². The second kappa shape index (κ2) is 3.87. The van der Waals surface area contributed by atoms with E-state index in [0.717, 1.165) is 0 Å². The maximum absolute atomic E-state index is 10.3. The topological polar surface area (TPSA) is 20.3 Å². The number of hydrogen-bond donors (Lipinski definition) is 0. The number of Topliss-reactive ketones (excluding diaryl/α,β-unsaturated/α-hetero) is 1. The number of ketones is 1. The summed E-state index contributed by atoms with van der Waals surface area (Å²) < 4.78 is 1.47. The fraction of sp³-hybridized carbons (Fsp3) is 0.800. The minimum atomic E-state index is 0.178. The maximum Gasteiger partial charge on any atom is 0.131 e. The van der Waals surface area contributed by atoms with Crippen LogP contribution in [0, 0.1) is 0 Å². The van der Waals surface area contributed by atoms with Crippen molar-refractivity contribution in [3.8, 4) is 0 Å². The van der Waals surface area contributed by atoms with E-state index in [1.807, 2.05) is 0 Å². The average molecular weight is 136 g/mol. The molecule has 0 aliphatic carbocycles. The third-order valence-electron chi connectivity index (χ3n) is 0.772. The summed E-state index contributed by atoms with van der Waals surface area (Å²) in [4.78, 5) is 10.3. The van der Waals surface area contributed by atoms with Gasteiger partial charge in [0.15, 0.2) is 0 Å². The number of halogens is 1. The molecule has 0 spiro atoms. The van der Waals surface area contributed by atoms with Crippen LogP contribution in [0.1, 0.15) is 13.3 Å². The summed E-state index contributed by atoms with van der Waals surface area (Å²) in [5.41, 5.74) is 0. The molecule has 0 bridgehead atoms. The summed E-state index contributed by atoms with van der Waals surface area (Å²) in [6.45, 7) is 2.19. The molecule has 0 aromatic carbocycles. The van der Waals surface area contributed by atoms with Crippen molar-refractivity contribution in [2.45, 2.75) is 13.3 Å². The van der Waals surface area contributed by atoms with E-state index in [1.165, 1.54) is 4.42 Å². The Balaban J connectivity index is 3.05. The van der Waals surface area contributed by atoms with Gasteiger partial charge >= 0.3 is 0 Å². The van der Waals surface area contributed by atoms with Crippen molar-refractivity contribution in [3.63, 3.8) is 0 Å². The normalized spacial score (nSPS) is 10.0. The highest BCUT2D eigenvalue weighted by molar-refractivity contribution is 6.13. The lowest BCUT2D eigenvalue weighted by Crippen LogP contribution is -2.09. The van der Waals surface area contributed by atoms with Gasteiger partial charge in [0, 0.05) is 20.0 Å². The first-order valence-corrected chi connectivity index (χ1v) is 2.83. The first kappa shape index (κ1) is 7.92. The third-order valence-corrected chi connectivity index (χ3v) is 0.941. The summed E-state index contributed by atoms with van der Waals surface area (Å²) in [5.74, 6) is 0.178. The van der Waals surface area contributed by atoms with Crippen LogP contribution >= 0.6 is 11.8 Å². The Morgan fingerprint density at radius 1 is 1.75 bits per heavy atom. The van der Waals surface area contributed by atoms with Crippen molar-refractivity contribution < 1.29 is 4.79 Å². The van der Waals surface area contributed by atoms with E-state index in [2.05, 4.69) is 0 Å². The Labute approximate surface area is 54.5 Å². The number of nitrogens with zero attached hydrogens (tertiary/aromatic N) is 1. The zero-order valence-electron chi connectivity index (χ0n) is 5.15. The van der Waals surface area contributed by atoms with Crippen molar-refractivity contribution in [2.24, 2.45) is 0 Å². The van der Waals surface area contributed by atoms with Gasteiger partial charge in [0.25, 0.3) is 0 Å². The highest BCUT2D eigenvalue weighted by Crippen LogP contribution is 1.90. The molecule has 0 saturated heterocycles. The van der Waals surface area contributed by atoms with E-state index in [0.29, 0.717) is 13.0 Å². The Morgan fingerprint density at radius 2 is 2.25 bits per heavy atom. The molecule has 0 rings (SSSR count). The summed E-state index contributed by atoms with van der Waals surface area (Å²) >= 11 is 5.40. The van der Waals surface area contributed by atoms with Crippen LogP contribution in [0.4, 0.5) is 0 Å². The molecule has 3 heteroatoms. The van der Waals surface area contributed by atoms with Crippen LogP contribution in [0.5, 0.6) is 0 Å². The Bertz CT molecular complexity index is 82.5. The molecule has 0 saturated carbocycles. The van der Waals surface area contributed by atoms with Gasteiger partial charge < -0.3 is 0 Å². The Kier molecular flexibility index (Phi) is 3.83. The number of carbonyl (C=O) groups excluding carboxylic acids is 1. The van der Waals surface area contributed by atoms with E-state index in [-0.39, 0.29) is 5.78 Å². The molecule has 2 nitrogen and oxygen atoms in total. The van der Waals surface area contributed by atoms with E-state index in [4.69, 9.17) is 11.8 Å². The van der Waals surface area contributed by atoms with Crippen molar-refractivity contribution in [3.05, 3.63) is 0 Å². The molecule has 48 valence electrons. The summed E-state index contributed by atoms with van der Waals surface area (Å²) in [7, 11) is 1.73. The molecule has 0 aliphatic rings. The van der Waals surface area contributed by atoms with Crippen molar-refractivity contribution in [1.29, 1.82) is 0 Å². The van der Waals surface area contributed by atoms with Gasteiger partial charge in [0.2, 0.25) is 0 Å². The van der Waals surface area contributed by atoms with E-state index in [9.17, 15) is 4.79 Å². The van der Waals surface area contributed by atoms with E-state index < -0.39 is 0 Å². The quantitative estimate of drug-likeness (QED) is 0.540. The first-order valence-electron chi connectivity index (χ1n) is 2.49. The standard InChI is InChI=1S/C5H10ClNO/c1-5(8)3-4-7(2)6/h3-4H2,1-2H3. The zero-order chi connectivity index (χ0) is 6.57. The van der Waals surface area contributed by atoms with Gasteiger partial charge in [-0.05, 0) is 18.7 Å². The molecule has 0 N–H and O–H groups in total. The van der Waals surface area contributed by atoms with Gasteiger partial charge in [-0.25, -0.2) is 4.42 Å². The van der Waals surface area contributed by atoms with Crippen LogP contribution in [-0.4, -0.2) is 23.8 Å². The van der Waals surface area contributed by atoms with Gasteiger partial charge in [0.05, 0.1) is 0 Å². The second-order valence-corrected chi connectivity index (χ2v) is 2.36. The van der Waals surface area contributed by atoms with Crippen LogP contribution in [0.2, 0.25) is 0 Å². The zero-order valence-corrected chi connectivity index (χ0v) is 5.90. The average Bonchev–Trinajstić information content (AvgIpc) is 1.61. The van der Waals surface area contributed by atoms with Crippen LogP contribution in [-0.2, 0) is 4.79 Å². The molecular formula is C5H10ClNO. The van der Waals surface area contributed by atoms with Crippen molar-refractivity contribution in [1.82, 2.24) is 4.42 Å². The highest BCUT2D eigenvalue weighted by Gasteiger charge is 1.94. The Hall–Kier alpha value is -0.0800. The summed E-state index contributed by atoms with van der Waals surface area (Å²) in [6, 6.07) is 0. The number of hydrogen-bond acceptors (Lipinski definition) is 2. The van der Waals surface area contributed by atoms with Gasteiger partial charge in [0.1, 0.15) is 5.78 Å². The number of rotatable bonds is 3.